The third-order valence-corrected chi connectivity index (χ3v) is 5.86. The number of nitrogens with two attached hydrogens (primary N) is 2. The Morgan fingerprint density at radius 3 is 2.77 bits per heavy atom. The van der Waals surface area contributed by atoms with Crippen LogP contribution in [0.5, 0.6) is 0 Å². The minimum absolute atomic E-state index is 0.00965. The lowest BCUT2D eigenvalue weighted by Gasteiger charge is -2.15. The van der Waals surface area contributed by atoms with Crippen LogP contribution in [0.3, 0.4) is 0 Å². The Hall–Kier alpha value is -2.89. The Kier molecular flexibility index (Phi) is 5.50. The number of aromatic nitrogens is 3. The number of anilines is 2. The molecule has 0 spiro atoms. The Morgan fingerprint density at radius 2 is 2.10 bits per heavy atom. The number of rotatable bonds is 5. The molecular formula is C19H20F2N6O2S. The van der Waals surface area contributed by atoms with Gasteiger partial charge in [-0.15, -0.1) is 0 Å². The van der Waals surface area contributed by atoms with Crippen LogP contribution in [0.25, 0.3) is 10.6 Å². The number of carbonyl (C=O) groups excluding carboxylic acids is 1. The van der Waals surface area contributed by atoms with Crippen LogP contribution in [0, 0.1) is 11.6 Å². The van der Waals surface area contributed by atoms with E-state index in [0.29, 0.717) is 17.9 Å². The summed E-state index contributed by atoms with van der Waals surface area (Å²) >= 11 is 0.839. The molecule has 1 aliphatic rings. The highest BCUT2D eigenvalue weighted by molar-refractivity contribution is 7.19. The van der Waals surface area contributed by atoms with Crippen LogP contribution in [0.4, 0.5) is 19.5 Å². The molecule has 0 aliphatic carbocycles. The molecule has 5 N–H and O–H groups in total. The van der Waals surface area contributed by atoms with E-state index in [4.69, 9.17) is 16.2 Å². The first kappa shape index (κ1) is 20.4. The molecule has 8 nitrogen and oxygen atoms in total. The van der Waals surface area contributed by atoms with Gasteiger partial charge in [-0.3, -0.25) is 9.48 Å². The number of carbonyl (C=O) groups is 1. The third kappa shape index (κ3) is 3.66. The lowest BCUT2D eigenvalue weighted by molar-refractivity contribution is 0.0456. The summed E-state index contributed by atoms with van der Waals surface area (Å²) in [6.45, 7) is 0.417. The zero-order chi connectivity index (χ0) is 21.4. The number of halogens is 2. The Morgan fingerprint density at radius 1 is 1.37 bits per heavy atom. The summed E-state index contributed by atoms with van der Waals surface area (Å²) in [4.78, 5) is 16.9. The minimum Gasteiger partial charge on any atom is -0.389 e. The molecule has 0 bridgehead atoms. The van der Waals surface area contributed by atoms with E-state index in [1.54, 1.807) is 11.7 Å². The molecule has 1 amide bonds. The van der Waals surface area contributed by atoms with Crippen molar-refractivity contribution in [1.82, 2.24) is 14.8 Å². The largest absolute Gasteiger partial charge is 0.389 e. The van der Waals surface area contributed by atoms with Gasteiger partial charge < -0.3 is 21.5 Å². The Labute approximate surface area is 174 Å². The Balaban J connectivity index is 1.60. The molecule has 0 radical (unpaired) electrons. The van der Waals surface area contributed by atoms with Crippen molar-refractivity contribution in [2.24, 2.45) is 12.8 Å². The summed E-state index contributed by atoms with van der Waals surface area (Å²) in [5.41, 5.74) is 12.3. The number of nitrogens with zero attached hydrogens (tertiary/aromatic N) is 3. The van der Waals surface area contributed by atoms with Gasteiger partial charge in [0.05, 0.1) is 29.2 Å². The van der Waals surface area contributed by atoms with E-state index in [0.717, 1.165) is 36.3 Å². The second-order valence-corrected chi connectivity index (χ2v) is 7.94. The number of hydrogen-bond donors (Lipinski definition) is 3. The maximum atomic E-state index is 14.1. The van der Waals surface area contributed by atoms with Gasteiger partial charge in [0.2, 0.25) is 0 Å². The second-order valence-electron chi connectivity index (χ2n) is 6.91. The maximum Gasteiger partial charge on any atom is 0.277 e. The summed E-state index contributed by atoms with van der Waals surface area (Å²) in [5, 5.41) is 6.98. The van der Waals surface area contributed by atoms with E-state index in [9.17, 15) is 13.6 Å². The second kappa shape index (κ2) is 8.09. The summed E-state index contributed by atoms with van der Waals surface area (Å²) in [6, 6.07) is 3.49. The van der Waals surface area contributed by atoms with Gasteiger partial charge in [0.1, 0.15) is 27.7 Å². The molecule has 1 aliphatic heterocycles. The predicted molar refractivity (Wildman–Crippen MR) is 109 cm³/mol. The average molecular weight is 434 g/mol. The number of benzene rings is 1. The average Bonchev–Trinajstić information content (AvgIpc) is 3.40. The third-order valence-electron chi connectivity index (χ3n) is 4.95. The van der Waals surface area contributed by atoms with Crippen LogP contribution in [-0.2, 0) is 11.8 Å². The van der Waals surface area contributed by atoms with Crippen molar-refractivity contribution >= 4 is 27.9 Å². The highest BCUT2D eigenvalue weighted by Gasteiger charge is 2.31. The maximum absolute atomic E-state index is 14.1. The number of ether oxygens (including phenoxy) is 1. The molecule has 3 heterocycles. The van der Waals surface area contributed by atoms with Crippen LogP contribution in [0.2, 0.25) is 0 Å². The molecule has 3 aromatic rings. The van der Waals surface area contributed by atoms with Crippen molar-refractivity contribution in [1.29, 1.82) is 0 Å². The Bertz CT molecular complexity index is 1080. The van der Waals surface area contributed by atoms with Crippen molar-refractivity contribution in [3.63, 3.8) is 0 Å². The summed E-state index contributed by atoms with van der Waals surface area (Å²) < 4.78 is 35.7. The fraction of sp³-hybridized carbons (Fsp3) is 0.316. The summed E-state index contributed by atoms with van der Waals surface area (Å²) in [6.07, 6.45) is 2.78. The lowest BCUT2D eigenvalue weighted by Crippen LogP contribution is -2.20. The summed E-state index contributed by atoms with van der Waals surface area (Å²) in [7, 11) is 1.75. The van der Waals surface area contributed by atoms with E-state index < -0.39 is 17.5 Å². The standard InChI is InChI=1S/C19H20F2N6O2S/c1-27-16(13-6-5-9(7-22)29-13)12(8-24-27)25-18(28)15-17(23)30-19(26-15)14-10(20)3-2-4-11(14)21/h2-4,8-9,13H,5-7,22-23H2,1H3,(H,25,28)/t9-,13-/m1/s1. The number of nitrogen functional groups attached to an aromatic ring is 1. The highest BCUT2D eigenvalue weighted by Crippen LogP contribution is 2.37. The molecule has 30 heavy (non-hydrogen) atoms. The van der Waals surface area contributed by atoms with Crippen LogP contribution in [0.1, 0.15) is 35.1 Å². The van der Waals surface area contributed by atoms with Crippen molar-refractivity contribution in [3.8, 4) is 10.6 Å². The topological polar surface area (TPSA) is 121 Å². The molecule has 2 atom stereocenters. The molecule has 158 valence electrons. The predicted octanol–water partition coefficient (Wildman–Crippen LogP) is 2.84. The van der Waals surface area contributed by atoms with Gasteiger partial charge in [0, 0.05) is 13.6 Å². The van der Waals surface area contributed by atoms with Crippen molar-refractivity contribution in [2.75, 3.05) is 17.6 Å². The van der Waals surface area contributed by atoms with E-state index >= 15 is 0 Å². The quantitative estimate of drug-likeness (QED) is 0.568. The first-order valence-corrected chi connectivity index (χ1v) is 10.1. The van der Waals surface area contributed by atoms with Gasteiger partial charge in [0.25, 0.3) is 5.91 Å². The monoisotopic (exact) mass is 434 g/mol. The van der Waals surface area contributed by atoms with E-state index in [1.807, 2.05) is 0 Å². The normalized spacial score (nSPS) is 18.7. The first-order valence-electron chi connectivity index (χ1n) is 9.28. The molecule has 0 unspecified atom stereocenters. The highest BCUT2D eigenvalue weighted by atomic mass is 32.1. The zero-order valence-electron chi connectivity index (χ0n) is 16.1. The number of hydrogen-bond acceptors (Lipinski definition) is 7. The van der Waals surface area contributed by atoms with Crippen molar-refractivity contribution in [2.45, 2.75) is 25.0 Å². The van der Waals surface area contributed by atoms with E-state index in [-0.39, 0.29) is 33.5 Å². The summed E-state index contributed by atoms with van der Waals surface area (Å²) in [5.74, 6) is -2.16. The molecular weight excluding hydrogens is 414 g/mol. The number of thiazole rings is 1. The van der Waals surface area contributed by atoms with Gasteiger partial charge >= 0.3 is 0 Å². The molecule has 1 fully saturated rings. The van der Waals surface area contributed by atoms with E-state index in [1.165, 1.54) is 12.3 Å². The van der Waals surface area contributed by atoms with Gasteiger partial charge in [-0.2, -0.15) is 5.10 Å². The SMILES string of the molecule is Cn1ncc(NC(=O)c2nc(-c3c(F)cccc3F)sc2N)c1[C@H]1CC[C@H](CN)O1. The molecule has 0 saturated carbocycles. The molecule has 4 rings (SSSR count). The van der Waals surface area contributed by atoms with Crippen LogP contribution in [0.15, 0.2) is 24.4 Å². The number of amides is 1. The first-order chi connectivity index (χ1) is 14.4. The number of nitrogens with one attached hydrogen (secondary N) is 1. The van der Waals surface area contributed by atoms with Crippen molar-refractivity contribution < 1.29 is 18.3 Å². The minimum atomic E-state index is -0.780. The van der Waals surface area contributed by atoms with Crippen LogP contribution in [-0.4, -0.2) is 33.3 Å². The zero-order valence-corrected chi connectivity index (χ0v) is 16.9. The van der Waals surface area contributed by atoms with Crippen molar-refractivity contribution in [3.05, 3.63) is 47.4 Å². The van der Waals surface area contributed by atoms with Crippen LogP contribution < -0.4 is 16.8 Å². The number of aryl methyl sites for hydroxylation is 1. The fourth-order valence-corrected chi connectivity index (χ4v) is 4.37. The fourth-order valence-electron chi connectivity index (χ4n) is 3.49. The lowest BCUT2D eigenvalue weighted by atomic mass is 10.1. The molecule has 1 saturated heterocycles. The molecule has 2 aromatic heterocycles. The molecule has 11 heteroatoms. The van der Waals surface area contributed by atoms with E-state index in [2.05, 4.69) is 15.4 Å². The molecule has 1 aromatic carbocycles. The van der Waals surface area contributed by atoms with Gasteiger partial charge in [-0.25, -0.2) is 13.8 Å². The smallest absolute Gasteiger partial charge is 0.277 e. The van der Waals surface area contributed by atoms with Gasteiger partial charge in [-0.1, -0.05) is 17.4 Å². The van der Waals surface area contributed by atoms with Gasteiger partial charge in [-0.05, 0) is 25.0 Å². The van der Waals surface area contributed by atoms with Gasteiger partial charge in [0.15, 0.2) is 5.69 Å². The van der Waals surface area contributed by atoms with Crippen LogP contribution >= 0.6 is 11.3 Å².